The van der Waals surface area contributed by atoms with Crippen LogP contribution in [0.15, 0.2) is 266 Å². The van der Waals surface area contributed by atoms with Crippen LogP contribution in [0.1, 0.15) is 86.6 Å². The normalized spacial score (nSPS) is 13.5. The van der Waals surface area contributed by atoms with E-state index >= 15 is 0 Å². The number of pyridine rings is 6. The van der Waals surface area contributed by atoms with Crippen molar-refractivity contribution >= 4 is 92.2 Å². The Balaban J connectivity index is 0.000000116. The van der Waals surface area contributed by atoms with Gasteiger partial charge in [0.2, 0.25) is 39.5 Å². The molecule has 121 heavy (non-hydrogen) atoms. The van der Waals surface area contributed by atoms with Gasteiger partial charge >= 0.3 is 14.5 Å². The number of fused-ring (bicyclic) bond motifs is 29. The summed E-state index contributed by atoms with van der Waals surface area (Å²) in [5.41, 5.74) is 15.2. The SMILES string of the molecule is CC(C)(C)C(=O)C=C(O)C(C)(C)C.Cc1[c-]c(-c2nccc3ccccc23)cc(C)c1.[C-]#[N+]c1nc2c3nc(C#N)c(C#N)nc3c3nc(C#N)c(C#N)nc3c2nc1[N+]#[C-].[Ir].c1ccc2c(c1)-c1cccc[n+]1[C@@]21c2ccc3c(oc4ncccc43)c2-c2cccc[n+]21.c1ccc2c(c1)O[Si]1(Oc3ccccc3-c3cccc[n+]31)[n+]1ccccc1-2. The number of carbonyl (C=O) groups excluding carboxylic acids is 1. The molecule has 4 aliphatic heterocycles. The van der Waals surface area contributed by atoms with Gasteiger partial charge in [-0.15, -0.1) is 62.5 Å². The van der Waals surface area contributed by atoms with Crippen molar-refractivity contribution in [2.24, 2.45) is 10.8 Å². The van der Waals surface area contributed by atoms with Gasteiger partial charge in [-0.05, 0) is 107 Å². The van der Waals surface area contributed by atoms with Gasteiger partial charge in [-0.25, -0.2) is 24.9 Å². The maximum atomic E-state index is 11.5. The van der Waals surface area contributed by atoms with Crippen LogP contribution >= 0.6 is 0 Å². The van der Waals surface area contributed by atoms with Gasteiger partial charge in [0.1, 0.15) is 80.3 Å². The van der Waals surface area contributed by atoms with E-state index in [0.29, 0.717) is 5.71 Å². The molecule has 25 heteroatoms. The van der Waals surface area contributed by atoms with Crippen molar-refractivity contribution in [2.45, 2.75) is 61.1 Å². The van der Waals surface area contributed by atoms with Gasteiger partial charge in [-0.1, -0.05) is 129 Å². The van der Waals surface area contributed by atoms with Crippen LogP contribution in [0, 0.1) is 89.2 Å². The van der Waals surface area contributed by atoms with Crippen LogP contribution in [0.3, 0.4) is 0 Å². The summed E-state index contributed by atoms with van der Waals surface area (Å²) in [5, 5.41) is 51.3. The Bertz CT molecular complexity index is 7020. The molecule has 4 aliphatic rings. The summed E-state index contributed by atoms with van der Waals surface area (Å²) in [5.74, 6) is 1.22. The van der Waals surface area contributed by atoms with Crippen LogP contribution < -0.4 is 26.5 Å². The van der Waals surface area contributed by atoms with Crippen LogP contribution in [0.2, 0.25) is 0 Å². The number of aromatic nitrogens is 12. The number of aryl methyl sites for hydroxylation is 2. The molecule has 0 bridgehead atoms. The molecule has 17 aromatic rings. The van der Waals surface area contributed by atoms with E-state index in [2.05, 4.69) is 264 Å². The van der Waals surface area contributed by atoms with Gasteiger partial charge in [-0.2, -0.15) is 21.0 Å². The topological polar surface area (TPSA) is 291 Å². The Hall–Kier alpha value is -15.9. The molecule has 0 fully saturated rings. The van der Waals surface area contributed by atoms with Crippen molar-refractivity contribution < 1.29 is 60.9 Å². The Morgan fingerprint density at radius 2 is 0.983 bits per heavy atom. The molecule has 21 rings (SSSR count). The van der Waals surface area contributed by atoms with E-state index in [9.17, 15) is 30.9 Å². The molecule has 10 aromatic heterocycles. The van der Waals surface area contributed by atoms with E-state index in [1.807, 2.05) is 108 Å². The van der Waals surface area contributed by atoms with Crippen LogP contribution in [0.5, 0.6) is 11.5 Å². The van der Waals surface area contributed by atoms with Crippen molar-refractivity contribution in [1.29, 1.82) is 21.0 Å². The number of para-hydroxylation sites is 2. The number of allylic oxidation sites excluding steroid dienone is 2. The Labute approximate surface area is 708 Å². The molecule has 2 spiro atoms. The first-order valence-electron chi connectivity index (χ1n) is 38.1. The number of nitrogens with zero attached hydrogens (tertiary/aromatic N) is 18. The maximum absolute atomic E-state index is 11.5. The minimum atomic E-state index is -3.08. The summed E-state index contributed by atoms with van der Waals surface area (Å²) in [6.45, 7) is 29.8. The minimum absolute atomic E-state index is 0. The van der Waals surface area contributed by atoms with Crippen molar-refractivity contribution in [2.75, 3.05) is 0 Å². The number of furan rings is 1. The fourth-order valence-electron chi connectivity index (χ4n) is 15.5. The van der Waals surface area contributed by atoms with Crippen molar-refractivity contribution in [3.05, 3.63) is 335 Å². The van der Waals surface area contributed by atoms with E-state index in [-0.39, 0.29) is 105 Å². The summed E-state index contributed by atoms with van der Waals surface area (Å²) >= 11 is 0. The molecule has 581 valence electrons. The number of aliphatic hydroxyl groups excluding tert-OH is 1. The first-order chi connectivity index (χ1) is 58.1. The first kappa shape index (κ1) is 79.0. The second kappa shape index (κ2) is 31.3. The molecule has 0 saturated carbocycles. The Morgan fingerprint density at radius 1 is 0.504 bits per heavy atom. The molecular weight excluding hydrogens is 1710 g/mol. The summed E-state index contributed by atoms with van der Waals surface area (Å²) < 4.78 is 29.0. The molecule has 0 amide bonds. The monoisotopic (exact) mass is 1770 g/mol. The quantitative estimate of drug-likeness (QED) is 0.0420. The molecule has 1 atom stereocenters. The molecular formula is C96H67IrN18O5Si+3. The number of carbonyl (C=O) groups is 1. The molecule has 14 heterocycles. The van der Waals surface area contributed by atoms with Gasteiger partial charge in [-0.3, -0.25) is 4.79 Å². The maximum Gasteiger partial charge on any atom is 1.19 e. The molecule has 1 N–H and O–H groups in total. The third-order valence-electron chi connectivity index (χ3n) is 21.0. The first-order valence-corrected chi connectivity index (χ1v) is 39.8. The average molecular weight is 1770 g/mol. The van der Waals surface area contributed by atoms with E-state index < -0.39 is 20.0 Å². The standard InChI is InChI=1S/C28H17N3O.C22H16N2O2Si.C18N12.C17H14N.C11H20O2.Ir/c1-2-10-21-20(8-1)23-11-3-5-16-30(23)28(21)22-14-13-18-19-9-7-15-29-27(19)32-26(18)25(22)24-12-4-6-17-31(24)28;1-3-13-21-17(9-1)19-11-5-7-15-23(19)27(25-21)24-16-8-6-12-20(24)18-10-2-4-14-22(18)26-27;1-23-17-18(24-2)30-16-14-12(26-8(4-20)10(6-22)28-14)11-13(15(16)29-17)27-9(5-21)7(3-19)25-11;1-12-9-13(2)11-15(10-12)17-16-6-4-3-5-14(16)7-8-18-17;1-10(2,3)8(12)7-9(13)11(4,5)6;/h1-17H;1-16H;;3-10H,1-2H3;7,12H,1-6H3;/q2*+2;;-1;;/t28-;;;;;/m0...../s1. The van der Waals surface area contributed by atoms with Crippen molar-refractivity contribution in [3.63, 3.8) is 0 Å². The van der Waals surface area contributed by atoms with E-state index in [0.717, 1.165) is 78.4 Å². The van der Waals surface area contributed by atoms with E-state index in [1.165, 1.54) is 44.8 Å². The fourth-order valence-corrected chi connectivity index (χ4v) is 18.7. The summed E-state index contributed by atoms with van der Waals surface area (Å²) in [6.07, 6.45) is 13.5. The molecule has 0 unspecified atom stereocenters. The van der Waals surface area contributed by atoms with Gasteiger partial charge in [0.05, 0.1) is 16.7 Å². The third-order valence-corrected chi connectivity index (χ3v) is 24.0. The molecule has 1 radical (unpaired) electrons. The van der Waals surface area contributed by atoms with Gasteiger partial charge in [0.25, 0.3) is 11.6 Å². The van der Waals surface area contributed by atoms with Gasteiger partial charge in [0, 0.05) is 109 Å². The number of nitriles is 4. The molecule has 0 aliphatic carbocycles. The molecule has 7 aromatic carbocycles. The van der Waals surface area contributed by atoms with Crippen LogP contribution in [0.25, 0.3) is 132 Å². The minimum Gasteiger partial charge on any atom is -0.512 e. The van der Waals surface area contributed by atoms with Crippen LogP contribution in [-0.2, 0) is 30.6 Å². The number of aliphatic hydroxyl groups is 1. The number of benzene rings is 7. The summed E-state index contributed by atoms with van der Waals surface area (Å²) in [7, 11) is -3.08. The van der Waals surface area contributed by atoms with Gasteiger partial charge < -0.3 is 33.0 Å². The predicted molar refractivity (Wildman–Crippen MR) is 450 cm³/mol. The zero-order valence-corrected chi connectivity index (χ0v) is 69.6. The number of hydrogen-bond acceptors (Lipinski definition) is 17. The molecule has 0 saturated heterocycles. The zero-order chi connectivity index (χ0) is 83.5. The smallest absolute Gasteiger partial charge is 0.512 e. The van der Waals surface area contributed by atoms with Crippen LogP contribution in [-0.4, -0.2) is 59.6 Å². The van der Waals surface area contributed by atoms with Gasteiger partial charge in [0.15, 0.2) is 58.9 Å². The average Bonchev–Trinajstić information content (AvgIpc) is 1.51. The Kier molecular flexibility index (Phi) is 20.4. The van der Waals surface area contributed by atoms with Crippen molar-refractivity contribution in [1.82, 2.24) is 39.9 Å². The summed E-state index contributed by atoms with van der Waals surface area (Å²) in [4.78, 5) is 51.6. The fraction of sp³-hybridized carbons (Fsp3) is 0.115. The van der Waals surface area contributed by atoms with E-state index in [4.69, 9.17) is 26.4 Å². The Morgan fingerprint density at radius 3 is 1.52 bits per heavy atom. The van der Waals surface area contributed by atoms with Crippen molar-refractivity contribution in [3.8, 4) is 92.1 Å². The van der Waals surface area contributed by atoms with Crippen LogP contribution in [0.4, 0.5) is 11.6 Å². The second-order valence-electron chi connectivity index (χ2n) is 30.6. The third kappa shape index (κ3) is 13.5. The van der Waals surface area contributed by atoms with E-state index in [1.54, 1.807) is 30.5 Å². The number of hydrogen-bond donors (Lipinski definition) is 1. The summed E-state index contributed by atoms with van der Waals surface area (Å²) in [6, 6.07) is 83.9. The number of rotatable bonds is 2. The predicted octanol–water partition coefficient (Wildman–Crippen LogP) is 17.5. The second-order valence-corrected chi connectivity index (χ2v) is 33.1. The zero-order valence-electron chi connectivity index (χ0n) is 66.2. The number of ketones is 1. The molecule has 23 nitrogen and oxygen atoms in total. The largest absolute Gasteiger partial charge is 1.19 e.